The van der Waals surface area contributed by atoms with Gasteiger partial charge in [-0.25, -0.2) is 4.98 Å². The molecule has 2 aromatic carbocycles. The Labute approximate surface area is 153 Å². The van der Waals surface area contributed by atoms with E-state index >= 15 is 0 Å². The minimum atomic E-state index is -1.21. The number of hydrogen-bond donors (Lipinski definition) is 1. The quantitative estimate of drug-likeness (QED) is 0.589. The first-order chi connectivity index (χ1) is 12.7. The van der Waals surface area contributed by atoms with Crippen LogP contribution in [-0.2, 0) is 17.3 Å². The molecule has 0 aliphatic carbocycles. The predicted octanol–water partition coefficient (Wildman–Crippen LogP) is 3.22. The summed E-state index contributed by atoms with van der Waals surface area (Å²) in [7, 11) is 0.353. The largest absolute Gasteiger partial charge is 0.495 e. The fourth-order valence-electron chi connectivity index (χ4n) is 2.94. The Balaban J connectivity index is 1.71. The number of rotatable bonds is 5. The van der Waals surface area contributed by atoms with Crippen LogP contribution in [0.25, 0.3) is 22.6 Å². The van der Waals surface area contributed by atoms with Crippen LogP contribution in [0.1, 0.15) is 5.56 Å². The molecule has 7 heteroatoms. The van der Waals surface area contributed by atoms with Gasteiger partial charge in [-0.3, -0.25) is 8.89 Å². The zero-order valence-corrected chi connectivity index (χ0v) is 15.3. The number of aromatic nitrogens is 4. The molecule has 132 valence electrons. The second-order valence-corrected chi connectivity index (χ2v) is 7.23. The molecule has 1 unspecified atom stereocenters. The van der Waals surface area contributed by atoms with Crippen LogP contribution in [-0.4, -0.2) is 37.3 Å². The molecule has 4 aromatic rings. The highest BCUT2D eigenvalue weighted by atomic mass is 32.2. The molecule has 0 aliphatic rings. The number of hydrogen-bond acceptors (Lipinski definition) is 4. The summed E-state index contributed by atoms with van der Waals surface area (Å²) in [6.45, 7) is 0.694. The molecular weight excluding hydrogens is 348 g/mol. The molecule has 1 N–H and O–H groups in total. The molecule has 0 amide bonds. The Morgan fingerprint density at radius 1 is 1.15 bits per heavy atom. The van der Waals surface area contributed by atoms with Crippen molar-refractivity contribution >= 4 is 21.8 Å². The maximum absolute atomic E-state index is 12.1. The number of methoxy groups -OCH3 is 1. The van der Waals surface area contributed by atoms with E-state index < -0.39 is 10.8 Å². The molecule has 1 atom stereocenters. The van der Waals surface area contributed by atoms with Crippen molar-refractivity contribution in [1.29, 1.82) is 0 Å². The van der Waals surface area contributed by atoms with Gasteiger partial charge in [-0.2, -0.15) is 5.10 Å². The molecule has 0 saturated heterocycles. The predicted molar refractivity (Wildman–Crippen MR) is 102 cm³/mol. The van der Waals surface area contributed by atoms with Crippen molar-refractivity contribution in [2.75, 3.05) is 13.4 Å². The second-order valence-electron chi connectivity index (χ2n) is 5.92. The first-order valence-electron chi connectivity index (χ1n) is 8.13. The lowest BCUT2D eigenvalue weighted by Gasteiger charge is -2.05. The lowest BCUT2D eigenvalue weighted by molar-refractivity contribution is 0.405. The highest BCUT2D eigenvalue weighted by Crippen LogP contribution is 2.31. The van der Waals surface area contributed by atoms with Gasteiger partial charge in [-0.1, -0.05) is 30.3 Å². The van der Waals surface area contributed by atoms with Crippen LogP contribution in [0.3, 0.4) is 0 Å². The van der Waals surface area contributed by atoms with Gasteiger partial charge in [0, 0.05) is 12.5 Å². The van der Waals surface area contributed by atoms with Crippen molar-refractivity contribution in [3.8, 4) is 17.3 Å². The minimum Gasteiger partial charge on any atom is -0.495 e. The molecule has 4 rings (SSSR count). The van der Waals surface area contributed by atoms with Crippen LogP contribution in [0.2, 0.25) is 0 Å². The van der Waals surface area contributed by atoms with Gasteiger partial charge in [0.2, 0.25) is 0 Å². The number of fused-ring (bicyclic) bond motifs is 1. The smallest absolute Gasteiger partial charge is 0.159 e. The topological polar surface area (TPSA) is 72.8 Å². The molecule has 0 aliphatic heterocycles. The number of imidazole rings is 1. The monoisotopic (exact) mass is 366 g/mol. The highest BCUT2D eigenvalue weighted by molar-refractivity contribution is 7.84. The standard InChI is InChI=1S/C19H18N4O2S/c1-25-16-9-8-14-17(18(16)26(2)24)21-19(20-14)15-10-11-23(22-15)12-13-6-4-3-5-7-13/h3-11H,12H2,1-2H3,(H,20,21). The van der Waals surface area contributed by atoms with E-state index in [9.17, 15) is 4.21 Å². The van der Waals surface area contributed by atoms with E-state index in [2.05, 4.69) is 27.2 Å². The third-order valence-corrected chi connectivity index (χ3v) is 5.12. The van der Waals surface area contributed by atoms with Crippen LogP contribution >= 0.6 is 0 Å². The van der Waals surface area contributed by atoms with Crippen LogP contribution in [0.4, 0.5) is 0 Å². The summed E-state index contributed by atoms with van der Waals surface area (Å²) in [6.07, 6.45) is 3.55. The minimum absolute atomic E-state index is 0.575. The number of nitrogens with zero attached hydrogens (tertiary/aromatic N) is 3. The Morgan fingerprint density at radius 3 is 2.69 bits per heavy atom. The van der Waals surface area contributed by atoms with Gasteiger partial charge in [-0.15, -0.1) is 0 Å². The molecular formula is C19H18N4O2S. The molecule has 2 aromatic heterocycles. The van der Waals surface area contributed by atoms with Crippen LogP contribution in [0.5, 0.6) is 5.75 Å². The van der Waals surface area contributed by atoms with Crippen molar-refractivity contribution < 1.29 is 8.95 Å². The Kier molecular flexibility index (Phi) is 4.30. The van der Waals surface area contributed by atoms with Crippen LogP contribution in [0, 0.1) is 0 Å². The average molecular weight is 366 g/mol. The van der Waals surface area contributed by atoms with E-state index in [1.165, 1.54) is 5.56 Å². The van der Waals surface area contributed by atoms with E-state index in [0.717, 1.165) is 11.2 Å². The SMILES string of the molecule is COc1ccc2[nH]c(-c3ccn(Cc4ccccc4)n3)nc2c1S(C)=O. The number of H-pyrrole nitrogens is 1. The number of nitrogens with one attached hydrogen (secondary N) is 1. The zero-order valence-electron chi connectivity index (χ0n) is 14.5. The molecule has 0 bridgehead atoms. The maximum Gasteiger partial charge on any atom is 0.159 e. The molecule has 26 heavy (non-hydrogen) atoms. The molecule has 6 nitrogen and oxygen atoms in total. The summed E-state index contributed by atoms with van der Waals surface area (Å²) < 4.78 is 19.4. The summed E-state index contributed by atoms with van der Waals surface area (Å²) in [5.41, 5.74) is 3.38. The summed E-state index contributed by atoms with van der Waals surface area (Å²) in [6, 6.07) is 15.8. The first-order valence-corrected chi connectivity index (χ1v) is 9.69. The Bertz CT molecular complexity index is 1090. The lowest BCUT2D eigenvalue weighted by atomic mass is 10.2. The maximum atomic E-state index is 12.1. The molecule has 0 fully saturated rings. The van der Waals surface area contributed by atoms with Crippen molar-refractivity contribution in [2.45, 2.75) is 11.4 Å². The van der Waals surface area contributed by atoms with Crippen molar-refractivity contribution in [2.24, 2.45) is 0 Å². The van der Waals surface area contributed by atoms with Crippen molar-refractivity contribution in [3.05, 3.63) is 60.3 Å². The number of ether oxygens (including phenoxy) is 1. The summed E-state index contributed by atoms with van der Waals surface area (Å²) >= 11 is 0. The van der Waals surface area contributed by atoms with Crippen molar-refractivity contribution in [1.82, 2.24) is 19.7 Å². The van der Waals surface area contributed by atoms with E-state index in [-0.39, 0.29) is 0 Å². The van der Waals surface area contributed by atoms with E-state index in [1.807, 2.05) is 41.2 Å². The van der Waals surface area contributed by atoms with Gasteiger partial charge in [0.15, 0.2) is 5.82 Å². The van der Waals surface area contributed by atoms with E-state index in [0.29, 0.717) is 28.5 Å². The Morgan fingerprint density at radius 2 is 1.96 bits per heavy atom. The van der Waals surface area contributed by atoms with Gasteiger partial charge >= 0.3 is 0 Å². The molecule has 2 heterocycles. The average Bonchev–Trinajstić information content (AvgIpc) is 3.27. The fraction of sp³-hybridized carbons (Fsp3) is 0.158. The third kappa shape index (κ3) is 3.01. The summed E-state index contributed by atoms with van der Waals surface area (Å²) in [5.74, 6) is 1.22. The van der Waals surface area contributed by atoms with Gasteiger partial charge < -0.3 is 9.72 Å². The molecule has 0 spiro atoms. The zero-order chi connectivity index (χ0) is 18.1. The van der Waals surface area contributed by atoms with Crippen molar-refractivity contribution in [3.63, 3.8) is 0 Å². The van der Waals surface area contributed by atoms with Gasteiger partial charge in [-0.05, 0) is 23.8 Å². The highest BCUT2D eigenvalue weighted by Gasteiger charge is 2.17. The van der Waals surface area contributed by atoms with Gasteiger partial charge in [0.1, 0.15) is 21.9 Å². The number of benzene rings is 2. The first kappa shape index (κ1) is 16.5. The summed E-state index contributed by atoms with van der Waals surface area (Å²) in [5, 5.41) is 4.60. The molecule has 0 saturated carbocycles. The summed E-state index contributed by atoms with van der Waals surface area (Å²) in [4.78, 5) is 8.48. The lowest BCUT2D eigenvalue weighted by Crippen LogP contribution is -2.00. The van der Waals surface area contributed by atoms with Crippen LogP contribution < -0.4 is 4.74 Å². The van der Waals surface area contributed by atoms with E-state index in [4.69, 9.17) is 4.74 Å². The third-order valence-electron chi connectivity index (χ3n) is 4.15. The number of aromatic amines is 1. The Hall–Kier alpha value is -2.93. The normalized spacial score (nSPS) is 12.4. The second kappa shape index (κ2) is 6.76. The van der Waals surface area contributed by atoms with Gasteiger partial charge in [0.05, 0.1) is 30.0 Å². The van der Waals surface area contributed by atoms with E-state index in [1.54, 1.807) is 19.4 Å². The van der Waals surface area contributed by atoms with Gasteiger partial charge in [0.25, 0.3) is 0 Å². The fourth-order valence-corrected chi connectivity index (χ4v) is 3.80. The van der Waals surface area contributed by atoms with Crippen LogP contribution in [0.15, 0.2) is 59.6 Å². The molecule has 0 radical (unpaired) electrons.